The van der Waals surface area contributed by atoms with Gasteiger partial charge in [-0.1, -0.05) is 18.2 Å². The second-order valence-corrected chi connectivity index (χ2v) is 11.9. The molecular weight excluding hydrogens is 542 g/mol. The zero-order chi connectivity index (χ0) is 29.5. The molecule has 10 nitrogen and oxygen atoms in total. The number of ether oxygens (including phenoxy) is 1. The van der Waals surface area contributed by atoms with Gasteiger partial charge in [-0.3, -0.25) is 23.6 Å². The number of hydrogen-bond donors (Lipinski definition) is 0. The number of pyridine rings is 2. The maximum atomic E-state index is 13.7. The number of carbonyl (C=O) groups is 1. The van der Waals surface area contributed by atoms with Crippen molar-refractivity contribution in [3.8, 4) is 5.75 Å². The molecular formula is C33H37N7O3. The molecule has 43 heavy (non-hydrogen) atoms. The monoisotopic (exact) mass is 579 g/mol. The number of hydrogen-bond acceptors (Lipinski definition) is 7. The van der Waals surface area contributed by atoms with Gasteiger partial charge in [0.05, 0.1) is 24.0 Å². The first-order valence-corrected chi connectivity index (χ1v) is 15.1. The van der Waals surface area contributed by atoms with Gasteiger partial charge in [0, 0.05) is 81.5 Å². The SMILES string of the molecule is CN1CCN(CCOc2ccn3c(C(=O)Cc4cccc5c4c(C4CC4)nn5Cc4cccn(C)c4=O)cnc3c2)CC1. The van der Waals surface area contributed by atoms with E-state index in [1.807, 2.05) is 57.7 Å². The van der Waals surface area contributed by atoms with Crippen molar-refractivity contribution in [1.29, 1.82) is 0 Å². The van der Waals surface area contributed by atoms with Crippen molar-refractivity contribution in [2.45, 2.75) is 31.7 Å². The predicted octanol–water partition coefficient (Wildman–Crippen LogP) is 3.36. The van der Waals surface area contributed by atoms with Crippen molar-refractivity contribution in [1.82, 2.24) is 33.5 Å². The third-order valence-electron chi connectivity index (χ3n) is 8.77. The number of Topliss-reactive ketones (excluding diaryl/α,β-unsaturated/α-hetero) is 1. The fraction of sp³-hybridized carbons (Fsp3) is 0.394. The van der Waals surface area contributed by atoms with E-state index >= 15 is 0 Å². The zero-order valence-corrected chi connectivity index (χ0v) is 24.8. The van der Waals surface area contributed by atoms with Gasteiger partial charge in [0.2, 0.25) is 0 Å². The first-order valence-electron chi connectivity index (χ1n) is 15.1. The van der Waals surface area contributed by atoms with Crippen LogP contribution in [0.15, 0.2) is 65.8 Å². The number of nitrogens with zero attached hydrogens (tertiary/aromatic N) is 7. The first kappa shape index (κ1) is 27.5. The number of fused-ring (bicyclic) bond motifs is 2. The summed E-state index contributed by atoms with van der Waals surface area (Å²) in [6.07, 6.45) is 7.71. The lowest BCUT2D eigenvalue weighted by Crippen LogP contribution is -2.45. The molecule has 1 aromatic carbocycles. The highest BCUT2D eigenvalue weighted by atomic mass is 16.5. The van der Waals surface area contributed by atoms with Gasteiger partial charge in [0.15, 0.2) is 5.78 Å². The molecule has 222 valence electrons. The summed E-state index contributed by atoms with van der Waals surface area (Å²) in [6, 6.07) is 13.6. The summed E-state index contributed by atoms with van der Waals surface area (Å²) in [5.41, 5.74) is 4.83. The van der Waals surface area contributed by atoms with E-state index in [1.54, 1.807) is 24.0 Å². The molecule has 0 unspecified atom stereocenters. The Balaban J connectivity index is 1.10. The van der Waals surface area contributed by atoms with Gasteiger partial charge in [-0.15, -0.1) is 0 Å². The lowest BCUT2D eigenvalue weighted by atomic mass is 10.00. The van der Waals surface area contributed by atoms with Gasteiger partial charge in [-0.2, -0.15) is 5.10 Å². The zero-order valence-electron chi connectivity index (χ0n) is 24.8. The van der Waals surface area contributed by atoms with E-state index in [-0.39, 0.29) is 17.8 Å². The fourth-order valence-electron chi connectivity index (χ4n) is 6.06. The van der Waals surface area contributed by atoms with Crippen LogP contribution in [0.1, 0.15) is 46.1 Å². The van der Waals surface area contributed by atoms with Crippen LogP contribution in [0.4, 0.5) is 0 Å². The quantitative estimate of drug-likeness (QED) is 0.235. The van der Waals surface area contributed by atoms with Gasteiger partial charge in [-0.05, 0) is 43.7 Å². The molecule has 1 saturated carbocycles. The Morgan fingerprint density at radius 3 is 2.63 bits per heavy atom. The molecule has 2 aliphatic rings. The second-order valence-electron chi connectivity index (χ2n) is 11.9. The number of aryl methyl sites for hydroxylation is 1. The maximum absolute atomic E-state index is 13.7. The largest absolute Gasteiger partial charge is 0.492 e. The molecule has 0 spiro atoms. The second kappa shape index (κ2) is 11.4. The molecule has 2 fully saturated rings. The number of carbonyl (C=O) groups excluding carboxylic acids is 1. The fourth-order valence-corrected chi connectivity index (χ4v) is 6.06. The smallest absolute Gasteiger partial charge is 0.255 e. The molecule has 0 amide bonds. The predicted molar refractivity (Wildman–Crippen MR) is 165 cm³/mol. The Hall–Kier alpha value is -4.28. The summed E-state index contributed by atoms with van der Waals surface area (Å²) in [5.74, 6) is 1.14. The van der Waals surface area contributed by atoms with Gasteiger partial charge < -0.3 is 14.2 Å². The molecule has 4 aromatic heterocycles. The van der Waals surface area contributed by atoms with Gasteiger partial charge >= 0.3 is 0 Å². The van der Waals surface area contributed by atoms with Crippen LogP contribution in [0.3, 0.4) is 0 Å². The van der Waals surface area contributed by atoms with E-state index in [0.717, 1.165) is 73.5 Å². The molecule has 1 saturated heterocycles. The summed E-state index contributed by atoms with van der Waals surface area (Å²) >= 11 is 0. The van der Waals surface area contributed by atoms with Crippen LogP contribution in [0, 0.1) is 0 Å². The summed E-state index contributed by atoms with van der Waals surface area (Å²) < 4.78 is 11.4. The third kappa shape index (κ3) is 5.60. The van der Waals surface area contributed by atoms with E-state index in [1.165, 1.54) is 0 Å². The van der Waals surface area contributed by atoms with E-state index in [4.69, 9.17) is 9.84 Å². The maximum Gasteiger partial charge on any atom is 0.255 e. The highest BCUT2D eigenvalue weighted by Crippen LogP contribution is 2.43. The highest BCUT2D eigenvalue weighted by Gasteiger charge is 2.31. The van der Waals surface area contributed by atoms with E-state index in [2.05, 4.69) is 21.8 Å². The summed E-state index contributed by atoms with van der Waals surface area (Å²) in [5, 5.41) is 6.02. The Morgan fingerprint density at radius 1 is 1.00 bits per heavy atom. The number of benzene rings is 1. The molecule has 1 aliphatic carbocycles. The van der Waals surface area contributed by atoms with E-state index in [9.17, 15) is 9.59 Å². The van der Waals surface area contributed by atoms with Crippen molar-refractivity contribution in [2.75, 3.05) is 46.4 Å². The number of likely N-dealkylation sites (N-methyl/N-ethyl adjacent to an activating group) is 1. The van der Waals surface area contributed by atoms with E-state index < -0.39 is 0 Å². The number of imidazole rings is 1. The molecule has 0 N–H and O–H groups in total. The standard InChI is InChI=1S/C33H37N7O3/c1-36-13-15-38(16-14-36)17-18-43-26-10-12-39-28(21-34-30(39)20-26)29(41)19-24-5-3-7-27-31(24)32(23-8-9-23)35-40(27)22-25-6-4-11-37(2)33(25)42/h3-7,10-12,20-21,23H,8-9,13-19,22H2,1-2H3. The average molecular weight is 580 g/mol. The summed E-state index contributed by atoms with van der Waals surface area (Å²) in [4.78, 5) is 35.7. The van der Waals surface area contributed by atoms with Crippen molar-refractivity contribution in [3.63, 3.8) is 0 Å². The molecule has 1 aliphatic heterocycles. The molecule has 0 bridgehead atoms. The Morgan fingerprint density at radius 2 is 1.81 bits per heavy atom. The molecule has 0 atom stereocenters. The highest BCUT2D eigenvalue weighted by molar-refractivity contribution is 5.99. The van der Waals surface area contributed by atoms with Crippen LogP contribution < -0.4 is 10.3 Å². The molecule has 5 heterocycles. The minimum absolute atomic E-state index is 0.00448. The minimum atomic E-state index is -0.0262. The van der Waals surface area contributed by atoms with Crippen molar-refractivity contribution >= 4 is 22.3 Å². The van der Waals surface area contributed by atoms with Crippen LogP contribution in [-0.2, 0) is 20.0 Å². The molecule has 10 heteroatoms. The number of aromatic nitrogens is 5. The topological polar surface area (TPSA) is 89.9 Å². The lowest BCUT2D eigenvalue weighted by molar-refractivity contribution is 0.0987. The normalized spacial score (nSPS) is 16.3. The summed E-state index contributed by atoms with van der Waals surface area (Å²) in [6.45, 7) is 6.20. The summed E-state index contributed by atoms with van der Waals surface area (Å²) in [7, 11) is 3.92. The van der Waals surface area contributed by atoms with Crippen molar-refractivity contribution in [3.05, 3.63) is 93.9 Å². The number of ketones is 1. The van der Waals surface area contributed by atoms with E-state index in [0.29, 0.717) is 36.0 Å². The Bertz CT molecular complexity index is 1860. The van der Waals surface area contributed by atoms with Crippen LogP contribution in [-0.4, -0.2) is 85.7 Å². The number of piperazine rings is 1. The lowest BCUT2D eigenvalue weighted by Gasteiger charge is -2.32. The van der Waals surface area contributed by atoms with Crippen LogP contribution >= 0.6 is 0 Å². The third-order valence-corrected chi connectivity index (χ3v) is 8.77. The van der Waals surface area contributed by atoms with Crippen LogP contribution in [0.25, 0.3) is 16.6 Å². The molecule has 5 aromatic rings. The van der Waals surface area contributed by atoms with Crippen LogP contribution in [0.5, 0.6) is 5.75 Å². The van der Waals surface area contributed by atoms with Crippen molar-refractivity contribution < 1.29 is 9.53 Å². The number of rotatable bonds is 10. The van der Waals surface area contributed by atoms with Gasteiger partial charge in [0.1, 0.15) is 23.7 Å². The average Bonchev–Trinajstić information content (AvgIpc) is 3.66. The van der Waals surface area contributed by atoms with Gasteiger partial charge in [0.25, 0.3) is 5.56 Å². The first-order chi connectivity index (χ1) is 20.9. The Kier molecular flexibility index (Phi) is 7.32. The van der Waals surface area contributed by atoms with Gasteiger partial charge in [-0.25, -0.2) is 4.98 Å². The molecule has 7 rings (SSSR count). The van der Waals surface area contributed by atoms with Crippen molar-refractivity contribution in [2.24, 2.45) is 7.05 Å². The minimum Gasteiger partial charge on any atom is -0.492 e. The Labute approximate surface area is 250 Å². The molecule has 0 radical (unpaired) electrons. The van der Waals surface area contributed by atoms with Crippen LogP contribution in [0.2, 0.25) is 0 Å².